The first kappa shape index (κ1) is 19.3. The number of benzene rings is 2. The molecule has 0 aliphatic carbocycles. The zero-order chi connectivity index (χ0) is 18.9. The van der Waals surface area contributed by atoms with Gasteiger partial charge in [0, 0.05) is 5.69 Å². The third-order valence-electron chi connectivity index (χ3n) is 3.57. The van der Waals surface area contributed by atoms with Gasteiger partial charge >= 0.3 is 5.97 Å². The lowest BCUT2D eigenvalue weighted by Gasteiger charge is -2.11. The number of carboxylic acid groups (broad SMARTS) is 1. The normalized spacial score (nSPS) is 10.2. The van der Waals surface area contributed by atoms with Crippen LogP contribution in [0.5, 0.6) is 11.5 Å². The maximum absolute atomic E-state index is 12.3. The summed E-state index contributed by atoms with van der Waals surface area (Å²) in [6, 6.07) is 12.5. The van der Waals surface area contributed by atoms with Gasteiger partial charge in [-0.15, -0.1) is 0 Å². The van der Waals surface area contributed by atoms with Crippen molar-refractivity contribution in [3.63, 3.8) is 0 Å². The molecule has 26 heavy (non-hydrogen) atoms. The summed E-state index contributed by atoms with van der Waals surface area (Å²) in [5.74, 6) is 0.0297. The highest BCUT2D eigenvalue weighted by molar-refractivity contribution is 5.93. The van der Waals surface area contributed by atoms with Crippen molar-refractivity contribution in [2.45, 2.75) is 26.7 Å². The third-order valence-corrected chi connectivity index (χ3v) is 3.57. The number of amides is 1. The van der Waals surface area contributed by atoms with Crippen LogP contribution in [0, 0.1) is 6.92 Å². The number of nitrogens with one attached hydrogen (secondary N) is 1. The Morgan fingerprint density at radius 2 is 1.85 bits per heavy atom. The molecule has 0 fully saturated rings. The van der Waals surface area contributed by atoms with Gasteiger partial charge in [0.1, 0.15) is 11.5 Å². The van der Waals surface area contributed by atoms with Crippen LogP contribution in [0.1, 0.15) is 24.5 Å². The number of ether oxygens (including phenoxy) is 2. The minimum absolute atomic E-state index is 0.139. The second kappa shape index (κ2) is 9.46. The number of hydrogen-bond acceptors (Lipinski definition) is 4. The molecule has 0 heterocycles. The van der Waals surface area contributed by atoms with Crippen LogP contribution >= 0.6 is 0 Å². The maximum Gasteiger partial charge on any atom is 0.341 e. The first-order valence-electron chi connectivity index (χ1n) is 8.44. The molecule has 6 heteroatoms. The highest BCUT2D eigenvalue weighted by atomic mass is 16.5. The highest BCUT2D eigenvalue weighted by Crippen LogP contribution is 2.22. The number of carboxylic acids is 1. The molecule has 2 aromatic carbocycles. The molecule has 0 spiro atoms. The zero-order valence-electron chi connectivity index (χ0n) is 15.0. The second-order valence-corrected chi connectivity index (χ2v) is 5.88. The van der Waals surface area contributed by atoms with Gasteiger partial charge in [0.25, 0.3) is 0 Å². The van der Waals surface area contributed by atoms with Crippen molar-refractivity contribution in [3.8, 4) is 11.5 Å². The van der Waals surface area contributed by atoms with Crippen molar-refractivity contribution < 1.29 is 24.2 Å². The molecule has 0 saturated carbocycles. The summed E-state index contributed by atoms with van der Waals surface area (Å²) in [4.78, 5) is 22.8. The average molecular weight is 357 g/mol. The number of aliphatic carboxylic acids is 1. The molecular weight excluding hydrogens is 334 g/mol. The van der Waals surface area contributed by atoms with Gasteiger partial charge in [0.15, 0.2) is 6.61 Å². The van der Waals surface area contributed by atoms with Crippen LogP contribution in [0.15, 0.2) is 42.5 Å². The van der Waals surface area contributed by atoms with Crippen molar-refractivity contribution >= 4 is 17.6 Å². The van der Waals surface area contributed by atoms with E-state index in [1.807, 2.05) is 38.1 Å². The summed E-state index contributed by atoms with van der Waals surface area (Å²) < 4.78 is 10.7. The smallest absolute Gasteiger partial charge is 0.341 e. The molecule has 0 aromatic heterocycles. The fourth-order valence-electron chi connectivity index (χ4n) is 2.36. The average Bonchev–Trinajstić information content (AvgIpc) is 2.60. The predicted molar refractivity (Wildman–Crippen MR) is 98.9 cm³/mol. The zero-order valence-corrected chi connectivity index (χ0v) is 15.0. The molecule has 138 valence electrons. The topological polar surface area (TPSA) is 84.9 Å². The first-order chi connectivity index (χ1) is 12.5. The Hall–Kier alpha value is -3.02. The monoisotopic (exact) mass is 357 g/mol. The van der Waals surface area contributed by atoms with Gasteiger partial charge in [-0.2, -0.15) is 0 Å². The third kappa shape index (κ3) is 6.12. The van der Waals surface area contributed by atoms with E-state index in [1.54, 1.807) is 18.2 Å². The van der Waals surface area contributed by atoms with Gasteiger partial charge in [-0.1, -0.05) is 19.1 Å². The Morgan fingerprint density at radius 3 is 2.54 bits per heavy atom. The minimum Gasteiger partial charge on any atom is -0.494 e. The lowest BCUT2D eigenvalue weighted by Crippen LogP contribution is -2.15. The molecule has 1 amide bonds. The van der Waals surface area contributed by atoms with Crippen LogP contribution in [-0.4, -0.2) is 30.2 Å². The molecule has 0 unspecified atom stereocenters. The van der Waals surface area contributed by atoms with Gasteiger partial charge < -0.3 is 19.9 Å². The van der Waals surface area contributed by atoms with Crippen LogP contribution < -0.4 is 14.8 Å². The van der Waals surface area contributed by atoms with E-state index in [-0.39, 0.29) is 12.3 Å². The van der Waals surface area contributed by atoms with E-state index < -0.39 is 12.6 Å². The lowest BCUT2D eigenvalue weighted by atomic mass is 10.1. The highest BCUT2D eigenvalue weighted by Gasteiger charge is 2.08. The summed E-state index contributed by atoms with van der Waals surface area (Å²) in [5.41, 5.74) is 2.33. The molecule has 0 saturated heterocycles. The Balaban J connectivity index is 1.96. The molecule has 2 aromatic rings. The van der Waals surface area contributed by atoms with E-state index in [2.05, 4.69) is 5.32 Å². The van der Waals surface area contributed by atoms with Crippen LogP contribution in [0.3, 0.4) is 0 Å². The quantitative estimate of drug-likeness (QED) is 0.718. The van der Waals surface area contributed by atoms with Crippen molar-refractivity contribution in [2.75, 3.05) is 18.5 Å². The van der Waals surface area contributed by atoms with Gasteiger partial charge in [0.2, 0.25) is 5.91 Å². The first-order valence-corrected chi connectivity index (χ1v) is 8.44. The summed E-state index contributed by atoms with van der Waals surface area (Å²) in [6.07, 6.45) is 1.16. The van der Waals surface area contributed by atoms with E-state index in [1.165, 1.54) is 0 Å². The fraction of sp³-hybridized carbons (Fsp3) is 0.300. The van der Waals surface area contributed by atoms with E-state index in [0.717, 1.165) is 23.3 Å². The summed E-state index contributed by atoms with van der Waals surface area (Å²) in [6.45, 7) is 4.10. The van der Waals surface area contributed by atoms with E-state index in [4.69, 9.17) is 14.6 Å². The Kier molecular flexibility index (Phi) is 7.02. The van der Waals surface area contributed by atoms with Crippen molar-refractivity contribution in [3.05, 3.63) is 53.6 Å². The second-order valence-electron chi connectivity index (χ2n) is 5.88. The predicted octanol–water partition coefficient (Wildman–Crippen LogP) is 3.43. The van der Waals surface area contributed by atoms with E-state index in [9.17, 15) is 9.59 Å². The molecule has 0 aliphatic heterocycles. The standard InChI is InChI=1S/C20H23NO5/c1-3-9-25-16-6-4-5-15(11-16)12-19(22)21-18-8-7-17(10-14(18)2)26-13-20(23)24/h4-8,10-11H,3,9,12-13H2,1-2H3,(H,21,22)(H,23,24). The largest absolute Gasteiger partial charge is 0.494 e. The van der Waals surface area contributed by atoms with Gasteiger partial charge in [0.05, 0.1) is 13.0 Å². The molecule has 0 aliphatic rings. The number of aryl methyl sites for hydroxylation is 1. The Labute approximate surface area is 152 Å². The van der Waals surface area contributed by atoms with Crippen molar-refractivity contribution in [1.29, 1.82) is 0 Å². The molecule has 0 atom stereocenters. The molecule has 2 N–H and O–H groups in total. The van der Waals surface area contributed by atoms with Gasteiger partial charge in [-0.3, -0.25) is 4.79 Å². The number of anilines is 1. The van der Waals surface area contributed by atoms with Gasteiger partial charge in [-0.25, -0.2) is 4.79 Å². The number of carbonyl (C=O) groups excluding carboxylic acids is 1. The SMILES string of the molecule is CCCOc1cccc(CC(=O)Nc2ccc(OCC(=O)O)cc2C)c1. The van der Waals surface area contributed by atoms with E-state index in [0.29, 0.717) is 18.0 Å². The fourth-order valence-corrected chi connectivity index (χ4v) is 2.36. The summed E-state index contributed by atoms with van der Waals surface area (Å²) >= 11 is 0. The molecule has 0 radical (unpaired) electrons. The lowest BCUT2D eigenvalue weighted by molar-refractivity contribution is -0.139. The minimum atomic E-state index is -1.04. The van der Waals surface area contributed by atoms with Gasteiger partial charge in [-0.05, 0) is 54.8 Å². The maximum atomic E-state index is 12.3. The molecule has 0 bridgehead atoms. The van der Waals surface area contributed by atoms with Crippen LogP contribution in [0.25, 0.3) is 0 Å². The summed E-state index contributed by atoms with van der Waals surface area (Å²) in [5, 5.41) is 11.5. The number of rotatable bonds is 9. The van der Waals surface area contributed by atoms with Crippen LogP contribution in [0.2, 0.25) is 0 Å². The van der Waals surface area contributed by atoms with Crippen LogP contribution in [0.4, 0.5) is 5.69 Å². The molecular formula is C20H23NO5. The van der Waals surface area contributed by atoms with Crippen molar-refractivity contribution in [2.24, 2.45) is 0 Å². The van der Waals surface area contributed by atoms with Crippen LogP contribution in [-0.2, 0) is 16.0 Å². The molecule has 6 nitrogen and oxygen atoms in total. The molecule has 2 rings (SSSR count). The van der Waals surface area contributed by atoms with E-state index >= 15 is 0 Å². The van der Waals surface area contributed by atoms with Crippen molar-refractivity contribution in [1.82, 2.24) is 0 Å². The Morgan fingerprint density at radius 1 is 1.08 bits per heavy atom. The summed E-state index contributed by atoms with van der Waals surface area (Å²) in [7, 11) is 0. The Bertz CT molecular complexity index is 773. The number of hydrogen-bond donors (Lipinski definition) is 2. The number of carbonyl (C=O) groups is 2.